The number of rotatable bonds is 8. The summed E-state index contributed by atoms with van der Waals surface area (Å²) in [6, 6.07) is 3.48. The number of hydrogen-bond donors (Lipinski definition) is 1. The molecule has 0 saturated carbocycles. The number of thioether (sulfide) groups is 1. The Hall–Kier alpha value is -3.08. The Labute approximate surface area is 169 Å². The SMILES string of the molecule is CCCCn1c(=O)[nH]c(=O)c2c1nc(CSc1nnc(-c3ccco3)o1)n2CC. The van der Waals surface area contributed by atoms with Crippen molar-refractivity contribution < 1.29 is 8.83 Å². The number of unbranched alkanes of at least 4 members (excludes halogenated alkanes) is 1. The zero-order valence-electron chi connectivity index (χ0n) is 16.0. The van der Waals surface area contributed by atoms with Crippen LogP contribution in [-0.2, 0) is 18.8 Å². The first kappa shape index (κ1) is 19.2. The summed E-state index contributed by atoms with van der Waals surface area (Å²) in [6.07, 6.45) is 3.28. The second-order valence-corrected chi connectivity index (χ2v) is 7.27. The molecule has 4 aromatic heterocycles. The summed E-state index contributed by atoms with van der Waals surface area (Å²) in [5.74, 6) is 1.86. The number of aromatic nitrogens is 6. The summed E-state index contributed by atoms with van der Waals surface area (Å²) in [7, 11) is 0. The first-order valence-electron chi connectivity index (χ1n) is 9.34. The van der Waals surface area contributed by atoms with E-state index in [1.54, 1.807) is 12.1 Å². The minimum Gasteiger partial charge on any atom is -0.459 e. The first-order valence-corrected chi connectivity index (χ1v) is 10.3. The summed E-state index contributed by atoms with van der Waals surface area (Å²) < 4.78 is 14.2. The maximum absolute atomic E-state index is 12.4. The van der Waals surface area contributed by atoms with E-state index in [9.17, 15) is 9.59 Å². The molecule has 4 heterocycles. The largest absolute Gasteiger partial charge is 0.459 e. The number of furan rings is 1. The molecule has 0 bridgehead atoms. The van der Waals surface area contributed by atoms with Crippen LogP contribution in [0.1, 0.15) is 32.5 Å². The van der Waals surface area contributed by atoms with Crippen LogP contribution in [0.2, 0.25) is 0 Å². The van der Waals surface area contributed by atoms with Crippen LogP contribution in [0.15, 0.2) is 42.0 Å². The molecule has 0 aliphatic carbocycles. The van der Waals surface area contributed by atoms with Crippen LogP contribution in [0.3, 0.4) is 0 Å². The lowest BCUT2D eigenvalue weighted by Gasteiger charge is -2.06. The van der Waals surface area contributed by atoms with Gasteiger partial charge in [-0.2, -0.15) is 0 Å². The number of aromatic amines is 1. The van der Waals surface area contributed by atoms with Crippen molar-refractivity contribution in [1.82, 2.24) is 29.3 Å². The lowest BCUT2D eigenvalue weighted by atomic mass is 10.3. The number of nitrogens with one attached hydrogen (secondary N) is 1. The molecule has 1 N–H and O–H groups in total. The highest BCUT2D eigenvalue weighted by molar-refractivity contribution is 7.98. The Balaban J connectivity index is 1.66. The fraction of sp³-hybridized carbons (Fsp3) is 0.389. The highest BCUT2D eigenvalue weighted by Crippen LogP contribution is 2.26. The predicted octanol–water partition coefficient (Wildman–Crippen LogP) is 2.64. The highest BCUT2D eigenvalue weighted by Gasteiger charge is 2.19. The summed E-state index contributed by atoms with van der Waals surface area (Å²) in [4.78, 5) is 31.7. The summed E-state index contributed by atoms with van der Waals surface area (Å²) in [6.45, 7) is 5.02. The molecule has 11 heteroatoms. The van der Waals surface area contributed by atoms with Gasteiger partial charge in [0.2, 0.25) is 0 Å². The standard InChI is InChI=1S/C18H20N6O4S/c1-3-5-8-24-14-13(15(25)20-17(24)26)23(4-2)12(19-14)10-29-18-22-21-16(28-18)11-7-6-9-27-11/h6-7,9H,3-5,8,10H2,1-2H3,(H,20,25,26). The monoisotopic (exact) mass is 416 g/mol. The third kappa shape index (κ3) is 3.65. The average Bonchev–Trinajstić information content (AvgIpc) is 3.44. The van der Waals surface area contributed by atoms with Crippen LogP contribution >= 0.6 is 11.8 Å². The van der Waals surface area contributed by atoms with Crippen molar-refractivity contribution in [2.75, 3.05) is 0 Å². The molecule has 0 fully saturated rings. The number of hydrogen-bond acceptors (Lipinski definition) is 8. The second-order valence-electron chi connectivity index (χ2n) is 6.35. The molecule has 0 spiro atoms. The molecule has 29 heavy (non-hydrogen) atoms. The van der Waals surface area contributed by atoms with E-state index in [-0.39, 0.29) is 0 Å². The van der Waals surface area contributed by atoms with Gasteiger partial charge in [0.25, 0.3) is 16.7 Å². The predicted molar refractivity (Wildman–Crippen MR) is 107 cm³/mol. The van der Waals surface area contributed by atoms with Crippen molar-refractivity contribution in [3.05, 3.63) is 45.1 Å². The Morgan fingerprint density at radius 2 is 2.07 bits per heavy atom. The molecule has 4 aromatic rings. The van der Waals surface area contributed by atoms with Gasteiger partial charge >= 0.3 is 5.69 Å². The Morgan fingerprint density at radius 1 is 1.21 bits per heavy atom. The molecule has 0 amide bonds. The Kier molecular flexibility index (Phi) is 5.38. The number of fused-ring (bicyclic) bond motifs is 1. The lowest BCUT2D eigenvalue weighted by Crippen LogP contribution is -2.31. The van der Waals surface area contributed by atoms with Gasteiger partial charge in [-0.1, -0.05) is 25.1 Å². The molecule has 0 aromatic carbocycles. The number of aryl methyl sites for hydroxylation is 2. The van der Waals surface area contributed by atoms with Gasteiger partial charge in [0.15, 0.2) is 16.9 Å². The highest BCUT2D eigenvalue weighted by atomic mass is 32.2. The van der Waals surface area contributed by atoms with Gasteiger partial charge in [-0.25, -0.2) is 9.78 Å². The van der Waals surface area contributed by atoms with Gasteiger partial charge < -0.3 is 13.4 Å². The smallest absolute Gasteiger partial charge is 0.330 e. The van der Waals surface area contributed by atoms with Crippen molar-refractivity contribution >= 4 is 22.9 Å². The summed E-state index contributed by atoms with van der Waals surface area (Å²) in [5, 5.41) is 8.35. The minimum absolute atomic E-state index is 0.298. The van der Waals surface area contributed by atoms with Crippen molar-refractivity contribution in [2.24, 2.45) is 0 Å². The minimum atomic E-state index is -0.434. The molecule has 0 atom stereocenters. The van der Waals surface area contributed by atoms with Crippen molar-refractivity contribution in [3.8, 4) is 11.7 Å². The molecule has 0 aliphatic heterocycles. The van der Waals surface area contributed by atoms with Gasteiger partial charge in [-0.15, -0.1) is 10.2 Å². The molecular weight excluding hydrogens is 396 g/mol. The molecule has 4 rings (SSSR count). The fourth-order valence-corrected chi connectivity index (χ4v) is 3.80. The fourth-order valence-electron chi connectivity index (χ4n) is 3.09. The molecule has 0 unspecified atom stereocenters. The van der Waals surface area contributed by atoms with E-state index in [1.165, 1.54) is 22.6 Å². The number of nitrogens with zero attached hydrogens (tertiary/aromatic N) is 5. The van der Waals surface area contributed by atoms with Crippen LogP contribution in [0, 0.1) is 0 Å². The third-order valence-electron chi connectivity index (χ3n) is 4.48. The first-order chi connectivity index (χ1) is 14.1. The van der Waals surface area contributed by atoms with E-state index in [0.29, 0.717) is 52.7 Å². The molecular formula is C18H20N6O4S. The van der Waals surface area contributed by atoms with Gasteiger partial charge in [0, 0.05) is 13.1 Å². The number of imidazole rings is 1. The molecule has 0 radical (unpaired) electrons. The molecule has 0 aliphatic rings. The quantitative estimate of drug-likeness (QED) is 0.435. The van der Waals surface area contributed by atoms with Crippen molar-refractivity contribution in [3.63, 3.8) is 0 Å². The summed E-state index contributed by atoms with van der Waals surface area (Å²) in [5.41, 5.74) is -0.0517. The Bertz CT molecular complexity index is 1230. The zero-order chi connectivity index (χ0) is 20.4. The summed E-state index contributed by atoms with van der Waals surface area (Å²) >= 11 is 1.31. The van der Waals surface area contributed by atoms with Crippen LogP contribution in [0.4, 0.5) is 0 Å². The van der Waals surface area contributed by atoms with E-state index in [4.69, 9.17) is 8.83 Å². The lowest BCUT2D eigenvalue weighted by molar-refractivity contribution is 0.447. The number of H-pyrrole nitrogens is 1. The zero-order valence-corrected chi connectivity index (χ0v) is 16.9. The topological polar surface area (TPSA) is 125 Å². The van der Waals surface area contributed by atoms with Gasteiger partial charge in [-0.3, -0.25) is 14.3 Å². The maximum atomic E-state index is 12.4. The maximum Gasteiger partial charge on any atom is 0.330 e. The normalized spacial score (nSPS) is 11.5. The van der Waals surface area contributed by atoms with E-state index in [1.807, 2.05) is 18.4 Å². The van der Waals surface area contributed by atoms with Crippen LogP contribution < -0.4 is 11.2 Å². The van der Waals surface area contributed by atoms with Crippen molar-refractivity contribution in [2.45, 2.75) is 50.8 Å². The van der Waals surface area contributed by atoms with E-state index < -0.39 is 11.2 Å². The van der Waals surface area contributed by atoms with Gasteiger partial charge in [-0.05, 0) is 25.5 Å². The van der Waals surface area contributed by atoms with E-state index in [0.717, 1.165) is 12.8 Å². The van der Waals surface area contributed by atoms with Gasteiger partial charge in [0.05, 0.1) is 12.0 Å². The van der Waals surface area contributed by atoms with E-state index in [2.05, 4.69) is 20.2 Å². The molecule has 10 nitrogen and oxygen atoms in total. The van der Waals surface area contributed by atoms with E-state index >= 15 is 0 Å². The van der Waals surface area contributed by atoms with Crippen LogP contribution in [-0.4, -0.2) is 29.3 Å². The Morgan fingerprint density at radius 3 is 2.79 bits per heavy atom. The molecule has 0 saturated heterocycles. The van der Waals surface area contributed by atoms with Gasteiger partial charge in [0.1, 0.15) is 5.82 Å². The third-order valence-corrected chi connectivity index (χ3v) is 5.29. The van der Waals surface area contributed by atoms with Crippen LogP contribution in [0.25, 0.3) is 22.8 Å². The average molecular weight is 416 g/mol. The molecule has 152 valence electrons. The van der Waals surface area contributed by atoms with Crippen LogP contribution in [0.5, 0.6) is 0 Å². The van der Waals surface area contributed by atoms with Crippen molar-refractivity contribution in [1.29, 1.82) is 0 Å². The second kappa shape index (κ2) is 8.11.